The fraction of sp³-hybridized carbons (Fsp3) is 0.160. The minimum atomic E-state index is -3.45. The van der Waals surface area contributed by atoms with Gasteiger partial charge in [0.2, 0.25) is 11.7 Å². The van der Waals surface area contributed by atoms with Crippen molar-refractivity contribution in [3.63, 3.8) is 0 Å². The van der Waals surface area contributed by atoms with Crippen LogP contribution in [-0.4, -0.2) is 24.5 Å². The maximum atomic E-state index is 12.7. The summed E-state index contributed by atoms with van der Waals surface area (Å²) < 4.78 is 30.4. The summed E-state index contributed by atoms with van der Waals surface area (Å²) >= 11 is 0. The van der Waals surface area contributed by atoms with E-state index in [0.29, 0.717) is 34.4 Å². The zero-order valence-corrected chi connectivity index (χ0v) is 18.5. The van der Waals surface area contributed by atoms with Crippen LogP contribution in [0.1, 0.15) is 40.6 Å². The molecule has 0 spiro atoms. The molecule has 33 heavy (non-hydrogen) atoms. The number of sulfone groups is 1. The number of anilines is 1. The van der Waals surface area contributed by atoms with Crippen LogP contribution in [0.5, 0.6) is 0 Å². The Labute approximate surface area is 191 Å². The third-order valence-electron chi connectivity index (χ3n) is 5.42. The number of rotatable bonds is 7. The Morgan fingerprint density at radius 3 is 2.45 bits per heavy atom. The van der Waals surface area contributed by atoms with Crippen molar-refractivity contribution in [3.8, 4) is 11.4 Å². The van der Waals surface area contributed by atoms with Crippen molar-refractivity contribution >= 4 is 21.4 Å². The number of hydrogen-bond donors (Lipinski definition) is 1. The van der Waals surface area contributed by atoms with Gasteiger partial charge in [-0.05, 0) is 54.8 Å². The van der Waals surface area contributed by atoms with E-state index < -0.39 is 9.84 Å². The second kappa shape index (κ2) is 8.63. The van der Waals surface area contributed by atoms with Crippen molar-refractivity contribution in [3.05, 3.63) is 95.9 Å². The van der Waals surface area contributed by atoms with Gasteiger partial charge >= 0.3 is 0 Å². The highest BCUT2D eigenvalue weighted by Crippen LogP contribution is 2.39. The number of nitrogens with one attached hydrogen (secondary N) is 1. The third-order valence-corrected chi connectivity index (χ3v) is 7.13. The van der Waals surface area contributed by atoms with Gasteiger partial charge in [0, 0.05) is 22.7 Å². The summed E-state index contributed by atoms with van der Waals surface area (Å²) in [7, 11) is -3.45. The van der Waals surface area contributed by atoms with Gasteiger partial charge in [-0.3, -0.25) is 4.79 Å². The summed E-state index contributed by atoms with van der Waals surface area (Å²) in [5, 5.41) is 6.90. The van der Waals surface area contributed by atoms with Crippen molar-refractivity contribution < 1.29 is 17.7 Å². The van der Waals surface area contributed by atoms with Gasteiger partial charge in [0.05, 0.1) is 10.6 Å². The second-order valence-electron chi connectivity index (χ2n) is 8.03. The predicted octanol–water partition coefficient (Wildman–Crippen LogP) is 4.84. The molecule has 1 saturated carbocycles. The first kappa shape index (κ1) is 21.1. The first-order valence-electron chi connectivity index (χ1n) is 10.6. The number of aromatic nitrogens is 2. The number of benzene rings is 3. The molecule has 1 aliphatic carbocycles. The summed E-state index contributed by atoms with van der Waals surface area (Å²) in [6.07, 6.45) is 2.16. The normalized spacial score (nSPS) is 13.6. The monoisotopic (exact) mass is 459 g/mol. The van der Waals surface area contributed by atoms with Gasteiger partial charge in [-0.1, -0.05) is 47.6 Å². The van der Waals surface area contributed by atoms with Gasteiger partial charge in [-0.15, -0.1) is 0 Å². The zero-order chi connectivity index (χ0) is 22.8. The van der Waals surface area contributed by atoms with E-state index in [9.17, 15) is 13.2 Å². The number of carbonyl (C=O) groups is 1. The van der Waals surface area contributed by atoms with E-state index in [1.807, 2.05) is 12.1 Å². The maximum absolute atomic E-state index is 12.7. The minimum absolute atomic E-state index is 0.130. The fourth-order valence-corrected chi connectivity index (χ4v) is 4.84. The SMILES string of the molecule is O=C(Nc1cccc(-c2noc(C3CC3)n2)c1)c1ccc(CS(=O)(=O)c2ccccc2)cc1. The summed E-state index contributed by atoms with van der Waals surface area (Å²) in [6.45, 7) is 0. The molecular formula is C25H21N3O4S. The van der Waals surface area contributed by atoms with Crippen LogP contribution in [0.15, 0.2) is 88.3 Å². The maximum Gasteiger partial charge on any atom is 0.255 e. The molecule has 1 aromatic heterocycles. The van der Waals surface area contributed by atoms with Crippen LogP contribution in [0.4, 0.5) is 5.69 Å². The molecule has 4 aromatic rings. The van der Waals surface area contributed by atoms with Crippen LogP contribution >= 0.6 is 0 Å². The van der Waals surface area contributed by atoms with Crippen LogP contribution in [0.25, 0.3) is 11.4 Å². The van der Waals surface area contributed by atoms with Gasteiger partial charge in [0.25, 0.3) is 5.91 Å². The van der Waals surface area contributed by atoms with Crippen LogP contribution in [0.2, 0.25) is 0 Å². The fourth-order valence-electron chi connectivity index (χ4n) is 3.47. The smallest absolute Gasteiger partial charge is 0.255 e. The lowest BCUT2D eigenvalue weighted by atomic mass is 10.1. The Kier molecular flexibility index (Phi) is 5.51. The molecular weight excluding hydrogens is 438 g/mol. The first-order valence-corrected chi connectivity index (χ1v) is 12.3. The lowest BCUT2D eigenvalue weighted by molar-refractivity contribution is 0.102. The number of nitrogens with zero attached hydrogens (tertiary/aromatic N) is 2. The van der Waals surface area contributed by atoms with Crippen LogP contribution in [0, 0.1) is 0 Å². The molecule has 7 nitrogen and oxygen atoms in total. The van der Waals surface area contributed by atoms with E-state index in [1.165, 1.54) is 0 Å². The highest BCUT2D eigenvalue weighted by Gasteiger charge is 2.29. The third kappa shape index (κ3) is 4.85. The molecule has 0 atom stereocenters. The molecule has 0 aliphatic heterocycles. The number of hydrogen-bond acceptors (Lipinski definition) is 6. The van der Waals surface area contributed by atoms with Crippen molar-refractivity contribution in [1.82, 2.24) is 10.1 Å². The zero-order valence-electron chi connectivity index (χ0n) is 17.6. The molecule has 0 saturated heterocycles. The Bertz CT molecular complexity index is 1390. The van der Waals surface area contributed by atoms with Crippen molar-refractivity contribution in [2.24, 2.45) is 0 Å². The largest absolute Gasteiger partial charge is 0.339 e. The van der Waals surface area contributed by atoms with Gasteiger partial charge in [0.15, 0.2) is 9.84 Å². The standard InChI is InChI=1S/C25H21N3O4S/c29-24(18-11-9-17(10-12-18)16-33(30,31)22-7-2-1-3-8-22)26-21-6-4-5-20(15-21)23-27-25(32-28-23)19-13-14-19/h1-12,15,19H,13-14,16H2,(H,26,29). The Morgan fingerprint density at radius 1 is 0.970 bits per heavy atom. The summed E-state index contributed by atoms with van der Waals surface area (Å²) in [4.78, 5) is 17.4. The van der Waals surface area contributed by atoms with Gasteiger partial charge in [-0.2, -0.15) is 4.98 Å². The highest BCUT2D eigenvalue weighted by molar-refractivity contribution is 7.90. The van der Waals surface area contributed by atoms with Crippen LogP contribution < -0.4 is 5.32 Å². The van der Waals surface area contributed by atoms with E-state index >= 15 is 0 Å². The molecule has 3 aromatic carbocycles. The Balaban J connectivity index is 1.26. The Hall–Kier alpha value is -3.78. The molecule has 1 fully saturated rings. The Morgan fingerprint density at radius 2 is 1.73 bits per heavy atom. The van der Waals surface area contributed by atoms with E-state index in [2.05, 4.69) is 15.5 Å². The topological polar surface area (TPSA) is 102 Å². The summed E-state index contributed by atoms with van der Waals surface area (Å²) in [5.74, 6) is 1.11. The predicted molar refractivity (Wildman–Crippen MR) is 123 cm³/mol. The quantitative estimate of drug-likeness (QED) is 0.424. The van der Waals surface area contributed by atoms with E-state index in [1.54, 1.807) is 66.7 Å². The molecule has 1 amide bonds. The number of amides is 1. The van der Waals surface area contributed by atoms with Crippen LogP contribution in [-0.2, 0) is 15.6 Å². The van der Waals surface area contributed by atoms with Gasteiger partial charge in [-0.25, -0.2) is 8.42 Å². The molecule has 1 aliphatic rings. The van der Waals surface area contributed by atoms with Crippen molar-refractivity contribution in [2.45, 2.75) is 29.4 Å². The minimum Gasteiger partial charge on any atom is -0.339 e. The van der Waals surface area contributed by atoms with Gasteiger partial charge in [0.1, 0.15) is 0 Å². The second-order valence-corrected chi connectivity index (χ2v) is 10.0. The van der Waals surface area contributed by atoms with Crippen molar-refractivity contribution in [1.29, 1.82) is 0 Å². The molecule has 1 N–H and O–H groups in total. The summed E-state index contributed by atoms with van der Waals surface area (Å²) in [6, 6.07) is 22.1. The average molecular weight is 460 g/mol. The number of carbonyl (C=O) groups excluding carboxylic acids is 1. The first-order chi connectivity index (χ1) is 16.0. The molecule has 0 radical (unpaired) electrons. The van der Waals surface area contributed by atoms with E-state index in [-0.39, 0.29) is 16.6 Å². The molecule has 0 bridgehead atoms. The van der Waals surface area contributed by atoms with Gasteiger partial charge < -0.3 is 9.84 Å². The molecule has 166 valence electrons. The van der Waals surface area contributed by atoms with Crippen molar-refractivity contribution in [2.75, 3.05) is 5.32 Å². The highest BCUT2D eigenvalue weighted by atomic mass is 32.2. The van der Waals surface area contributed by atoms with E-state index in [4.69, 9.17) is 4.52 Å². The van der Waals surface area contributed by atoms with Crippen LogP contribution in [0.3, 0.4) is 0 Å². The summed E-state index contributed by atoms with van der Waals surface area (Å²) in [5.41, 5.74) is 2.40. The molecule has 5 rings (SSSR count). The average Bonchev–Trinajstić information content (AvgIpc) is 3.56. The molecule has 0 unspecified atom stereocenters. The molecule has 8 heteroatoms. The lowest BCUT2D eigenvalue weighted by Crippen LogP contribution is -2.12. The lowest BCUT2D eigenvalue weighted by Gasteiger charge is -2.08. The molecule has 1 heterocycles. The van der Waals surface area contributed by atoms with E-state index in [0.717, 1.165) is 18.4 Å².